The van der Waals surface area contributed by atoms with Crippen LogP contribution in [0, 0.1) is 5.41 Å². The molecule has 100 valence electrons. The smallest absolute Gasteiger partial charge is 0.145 e. The van der Waals surface area contributed by atoms with Crippen molar-refractivity contribution in [2.75, 3.05) is 7.11 Å². The van der Waals surface area contributed by atoms with Crippen LogP contribution in [0.4, 0.5) is 0 Å². The maximum Gasteiger partial charge on any atom is 0.145 e. The molecular formula is C16H24O2. The van der Waals surface area contributed by atoms with Crippen LogP contribution in [-0.4, -0.2) is 12.9 Å². The lowest BCUT2D eigenvalue weighted by Gasteiger charge is -2.25. The predicted octanol–water partition coefficient (Wildman–Crippen LogP) is 4.19. The lowest BCUT2D eigenvalue weighted by atomic mass is 9.78. The van der Waals surface area contributed by atoms with Gasteiger partial charge >= 0.3 is 0 Å². The van der Waals surface area contributed by atoms with Gasteiger partial charge in [-0.25, -0.2) is 0 Å². The second kappa shape index (κ2) is 6.03. The van der Waals surface area contributed by atoms with E-state index in [1.807, 2.05) is 45.0 Å². The summed E-state index contributed by atoms with van der Waals surface area (Å²) in [6.07, 6.45) is 1.90. The van der Waals surface area contributed by atoms with E-state index in [1.54, 1.807) is 7.11 Å². The number of hydrogen-bond acceptors (Lipinski definition) is 2. The van der Waals surface area contributed by atoms with Gasteiger partial charge in [0.15, 0.2) is 0 Å². The first-order valence-electron chi connectivity index (χ1n) is 6.58. The van der Waals surface area contributed by atoms with E-state index in [1.165, 1.54) is 0 Å². The molecule has 0 heterocycles. The largest absolute Gasteiger partial charge is 0.497 e. The van der Waals surface area contributed by atoms with Gasteiger partial charge in [-0.2, -0.15) is 0 Å². The van der Waals surface area contributed by atoms with Gasteiger partial charge < -0.3 is 4.74 Å². The number of carbonyl (C=O) groups is 1. The molecule has 0 N–H and O–H groups in total. The molecule has 1 aromatic rings. The topological polar surface area (TPSA) is 26.3 Å². The number of Topliss-reactive ketones (excluding diaryl/α,β-unsaturated/α-hetero) is 1. The van der Waals surface area contributed by atoms with Crippen LogP contribution in [0.15, 0.2) is 24.3 Å². The molecule has 1 aromatic carbocycles. The lowest BCUT2D eigenvalue weighted by molar-refractivity contribution is -0.128. The van der Waals surface area contributed by atoms with E-state index in [0.717, 1.165) is 24.2 Å². The number of hydrogen-bond donors (Lipinski definition) is 0. The third kappa shape index (κ3) is 3.59. The Morgan fingerprint density at radius 3 is 2.50 bits per heavy atom. The molecule has 0 radical (unpaired) electrons. The summed E-state index contributed by atoms with van der Waals surface area (Å²) in [6.45, 7) is 8.07. The Morgan fingerprint density at radius 1 is 1.33 bits per heavy atom. The molecule has 0 saturated heterocycles. The van der Waals surface area contributed by atoms with Crippen molar-refractivity contribution in [1.29, 1.82) is 0 Å². The van der Waals surface area contributed by atoms with Gasteiger partial charge in [0, 0.05) is 11.3 Å². The van der Waals surface area contributed by atoms with Crippen molar-refractivity contribution in [3.8, 4) is 5.75 Å². The first-order valence-corrected chi connectivity index (χ1v) is 6.58. The highest BCUT2D eigenvalue weighted by Crippen LogP contribution is 2.32. The van der Waals surface area contributed by atoms with Gasteiger partial charge in [-0.05, 0) is 24.1 Å². The highest BCUT2D eigenvalue weighted by atomic mass is 16.5. The van der Waals surface area contributed by atoms with Gasteiger partial charge in [0.2, 0.25) is 0 Å². The summed E-state index contributed by atoms with van der Waals surface area (Å²) in [4.78, 5) is 12.5. The second-order valence-corrected chi connectivity index (χ2v) is 5.73. The van der Waals surface area contributed by atoms with Crippen LogP contribution in [0.3, 0.4) is 0 Å². The summed E-state index contributed by atoms with van der Waals surface area (Å²) in [5, 5.41) is 0. The fourth-order valence-corrected chi connectivity index (χ4v) is 2.12. The van der Waals surface area contributed by atoms with Crippen molar-refractivity contribution in [2.45, 2.75) is 46.5 Å². The zero-order valence-corrected chi connectivity index (χ0v) is 12.1. The number of ether oxygens (including phenoxy) is 1. The zero-order chi connectivity index (χ0) is 13.8. The van der Waals surface area contributed by atoms with E-state index in [-0.39, 0.29) is 11.3 Å². The number of carbonyl (C=O) groups excluding carboxylic acids is 1. The van der Waals surface area contributed by atoms with Gasteiger partial charge in [0.05, 0.1) is 7.11 Å². The minimum absolute atomic E-state index is 0.0231. The summed E-state index contributed by atoms with van der Waals surface area (Å²) in [6, 6.07) is 7.86. The minimum Gasteiger partial charge on any atom is -0.497 e. The Labute approximate surface area is 110 Å². The van der Waals surface area contributed by atoms with Crippen molar-refractivity contribution in [3.05, 3.63) is 29.8 Å². The van der Waals surface area contributed by atoms with E-state index < -0.39 is 0 Å². The normalized spacial score (nSPS) is 13.2. The molecule has 0 aliphatic heterocycles. The van der Waals surface area contributed by atoms with Gasteiger partial charge in [0.1, 0.15) is 11.5 Å². The summed E-state index contributed by atoms with van der Waals surface area (Å²) < 4.78 is 5.24. The SMILES string of the molecule is CCCC(C(=O)C(C)(C)C)c1cccc(OC)c1. The molecule has 0 spiro atoms. The Bertz CT molecular complexity index is 402. The fourth-order valence-electron chi connectivity index (χ4n) is 2.12. The molecule has 18 heavy (non-hydrogen) atoms. The highest BCUT2D eigenvalue weighted by Gasteiger charge is 2.30. The van der Waals surface area contributed by atoms with Crippen LogP contribution in [0.25, 0.3) is 0 Å². The van der Waals surface area contributed by atoms with Crippen molar-refractivity contribution in [1.82, 2.24) is 0 Å². The van der Waals surface area contributed by atoms with Crippen LogP contribution >= 0.6 is 0 Å². The quantitative estimate of drug-likeness (QED) is 0.780. The van der Waals surface area contributed by atoms with Crippen LogP contribution in [0.5, 0.6) is 5.75 Å². The van der Waals surface area contributed by atoms with Crippen molar-refractivity contribution >= 4 is 5.78 Å². The standard InChI is InChI=1S/C16H24O2/c1-6-8-14(15(17)16(2,3)4)12-9-7-10-13(11-12)18-5/h7,9-11,14H,6,8H2,1-5H3. The average Bonchev–Trinajstić information content (AvgIpc) is 2.34. The van der Waals surface area contributed by atoms with E-state index in [9.17, 15) is 4.79 Å². The Hall–Kier alpha value is -1.31. The highest BCUT2D eigenvalue weighted by molar-refractivity contribution is 5.90. The summed E-state index contributed by atoms with van der Waals surface area (Å²) in [5.74, 6) is 1.10. The molecule has 1 atom stereocenters. The van der Waals surface area contributed by atoms with Crippen molar-refractivity contribution < 1.29 is 9.53 Å². The monoisotopic (exact) mass is 248 g/mol. The first kappa shape index (κ1) is 14.7. The number of ketones is 1. The molecule has 0 aliphatic rings. The summed E-state index contributed by atoms with van der Waals surface area (Å²) in [7, 11) is 1.65. The van der Waals surface area contributed by atoms with E-state index in [4.69, 9.17) is 4.74 Å². The molecular weight excluding hydrogens is 224 g/mol. The molecule has 0 saturated carbocycles. The molecule has 0 aliphatic carbocycles. The maximum absolute atomic E-state index is 12.5. The Balaban J connectivity index is 3.07. The molecule has 2 nitrogen and oxygen atoms in total. The summed E-state index contributed by atoms with van der Waals surface area (Å²) >= 11 is 0. The summed E-state index contributed by atoms with van der Waals surface area (Å²) in [5.41, 5.74) is 0.763. The van der Waals surface area contributed by atoms with Gasteiger partial charge in [-0.1, -0.05) is 46.2 Å². The molecule has 0 fully saturated rings. The van der Waals surface area contributed by atoms with Crippen LogP contribution in [0.1, 0.15) is 52.0 Å². The van der Waals surface area contributed by atoms with Crippen molar-refractivity contribution in [2.24, 2.45) is 5.41 Å². The van der Waals surface area contributed by atoms with Crippen molar-refractivity contribution in [3.63, 3.8) is 0 Å². The molecule has 0 bridgehead atoms. The van der Waals surface area contributed by atoms with Gasteiger partial charge in [-0.3, -0.25) is 4.79 Å². The van der Waals surface area contributed by atoms with E-state index >= 15 is 0 Å². The Morgan fingerprint density at radius 2 is 2.00 bits per heavy atom. The molecule has 0 aromatic heterocycles. The average molecular weight is 248 g/mol. The second-order valence-electron chi connectivity index (χ2n) is 5.73. The predicted molar refractivity (Wildman–Crippen MR) is 75.1 cm³/mol. The fraction of sp³-hybridized carbons (Fsp3) is 0.562. The Kier molecular flexibility index (Phi) is 4.94. The van der Waals surface area contributed by atoms with E-state index in [2.05, 4.69) is 6.92 Å². The van der Waals surface area contributed by atoms with Crippen LogP contribution in [-0.2, 0) is 4.79 Å². The number of methoxy groups -OCH3 is 1. The number of benzene rings is 1. The lowest BCUT2D eigenvalue weighted by Crippen LogP contribution is -2.27. The van der Waals surface area contributed by atoms with Crippen LogP contribution < -0.4 is 4.74 Å². The van der Waals surface area contributed by atoms with E-state index in [0.29, 0.717) is 5.78 Å². The number of rotatable bonds is 5. The maximum atomic E-state index is 12.5. The molecule has 1 unspecified atom stereocenters. The molecule has 0 amide bonds. The van der Waals surface area contributed by atoms with Gasteiger partial charge in [0.25, 0.3) is 0 Å². The van der Waals surface area contributed by atoms with Gasteiger partial charge in [-0.15, -0.1) is 0 Å². The molecule has 1 rings (SSSR count). The minimum atomic E-state index is -0.303. The molecule has 2 heteroatoms. The zero-order valence-electron chi connectivity index (χ0n) is 12.1. The van der Waals surface area contributed by atoms with Crippen LogP contribution in [0.2, 0.25) is 0 Å². The third-order valence-electron chi connectivity index (χ3n) is 3.13. The first-order chi connectivity index (χ1) is 8.40. The third-order valence-corrected chi connectivity index (χ3v) is 3.13.